The quantitative estimate of drug-likeness (QED) is 0.908. The summed E-state index contributed by atoms with van der Waals surface area (Å²) < 4.78 is 0. The number of hydrazone groups is 1. The molecule has 0 radical (unpaired) electrons. The maximum atomic E-state index is 12.6. The topological polar surface area (TPSA) is 52.9 Å². The van der Waals surface area contributed by atoms with E-state index in [4.69, 9.17) is 0 Å². The second kappa shape index (κ2) is 7.20. The fourth-order valence-electron chi connectivity index (χ4n) is 2.80. The van der Waals surface area contributed by atoms with Gasteiger partial charge in [0.05, 0.1) is 5.75 Å². The van der Waals surface area contributed by atoms with Crippen molar-refractivity contribution in [1.82, 2.24) is 5.01 Å². The van der Waals surface area contributed by atoms with Gasteiger partial charge < -0.3 is 5.11 Å². The van der Waals surface area contributed by atoms with Gasteiger partial charge in [-0.15, -0.1) is 11.8 Å². The van der Waals surface area contributed by atoms with Crippen LogP contribution in [0.15, 0.2) is 65.8 Å². The summed E-state index contributed by atoms with van der Waals surface area (Å²) in [5.74, 6) is 0.854. The first-order chi connectivity index (χ1) is 11.6. The minimum absolute atomic E-state index is 0.181. The first kappa shape index (κ1) is 16.7. The zero-order valence-electron chi connectivity index (χ0n) is 13.6. The summed E-state index contributed by atoms with van der Waals surface area (Å²) >= 11 is 1.53. The predicted octanol–water partition coefficient (Wildman–Crippen LogP) is 3.37. The Hall–Kier alpha value is -2.11. The third-order valence-corrected chi connectivity index (χ3v) is 4.92. The SMILES string of the molecule is CC1=NN(C(=O)CSCc2ccccc2)[C@](O)(c2ccccc2)C1. The zero-order valence-corrected chi connectivity index (χ0v) is 14.4. The Labute approximate surface area is 146 Å². The molecular weight excluding hydrogens is 320 g/mol. The summed E-state index contributed by atoms with van der Waals surface area (Å²) in [6.07, 6.45) is 0.339. The van der Waals surface area contributed by atoms with Gasteiger partial charge in [-0.2, -0.15) is 10.1 Å². The highest BCUT2D eigenvalue weighted by Gasteiger charge is 2.44. The van der Waals surface area contributed by atoms with Crippen LogP contribution in [0.2, 0.25) is 0 Å². The van der Waals surface area contributed by atoms with E-state index in [2.05, 4.69) is 5.10 Å². The Bertz CT molecular complexity index is 734. The maximum Gasteiger partial charge on any atom is 0.255 e. The number of benzene rings is 2. The monoisotopic (exact) mass is 340 g/mol. The van der Waals surface area contributed by atoms with Gasteiger partial charge in [-0.3, -0.25) is 4.79 Å². The maximum absolute atomic E-state index is 12.6. The number of carbonyl (C=O) groups excluding carboxylic acids is 1. The molecule has 1 atom stereocenters. The first-order valence-electron chi connectivity index (χ1n) is 7.86. The molecule has 0 saturated carbocycles. The summed E-state index contributed by atoms with van der Waals surface area (Å²) in [5, 5.41) is 16.6. The van der Waals surface area contributed by atoms with Crippen molar-refractivity contribution in [3.63, 3.8) is 0 Å². The molecule has 0 unspecified atom stereocenters. The summed E-state index contributed by atoms with van der Waals surface area (Å²) in [6.45, 7) is 1.83. The number of hydrogen-bond donors (Lipinski definition) is 1. The second-order valence-electron chi connectivity index (χ2n) is 5.88. The van der Waals surface area contributed by atoms with Gasteiger partial charge in [0.15, 0.2) is 5.72 Å². The Morgan fingerprint density at radius 3 is 2.46 bits per heavy atom. The van der Waals surface area contributed by atoms with Crippen molar-refractivity contribution >= 4 is 23.4 Å². The molecule has 2 aromatic carbocycles. The number of carbonyl (C=O) groups is 1. The lowest BCUT2D eigenvalue weighted by atomic mass is 9.98. The van der Waals surface area contributed by atoms with Gasteiger partial charge in [-0.1, -0.05) is 60.7 Å². The van der Waals surface area contributed by atoms with Gasteiger partial charge in [-0.05, 0) is 12.5 Å². The van der Waals surface area contributed by atoms with Crippen molar-refractivity contribution in [2.24, 2.45) is 5.10 Å². The molecule has 1 heterocycles. The molecule has 0 saturated heterocycles. The molecule has 0 bridgehead atoms. The van der Waals surface area contributed by atoms with Gasteiger partial charge >= 0.3 is 0 Å². The third-order valence-electron chi connectivity index (χ3n) is 3.93. The Morgan fingerprint density at radius 2 is 1.79 bits per heavy atom. The van der Waals surface area contributed by atoms with Crippen molar-refractivity contribution in [2.75, 3.05) is 5.75 Å². The smallest absolute Gasteiger partial charge is 0.255 e. The van der Waals surface area contributed by atoms with E-state index in [0.717, 1.165) is 11.5 Å². The van der Waals surface area contributed by atoms with E-state index in [9.17, 15) is 9.90 Å². The second-order valence-corrected chi connectivity index (χ2v) is 6.86. The first-order valence-corrected chi connectivity index (χ1v) is 9.02. The molecule has 3 rings (SSSR count). The summed E-state index contributed by atoms with van der Waals surface area (Å²) in [6, 6.07) is 19.3. The van der Waals surface area contributed by atoms with Crippen LogP contribution in [0.5, 0.6) is 0 Å². The summed E-state index contributed by atoms with van der Waals surface area (Å²) in [4.78, 5) is 12.6. The average molecular weight is 340 g/mol. The zero-order chi connectivity index (χ0) is 17.0. The van der Waals surface area contributed by atoms with Crippen LogP contribution in [0.4, 0.5) is 0 Å². The van der Waals surface area contributed by atoms with Crippen LogP contribution in [0, 0.1) is 0 Å². The highest BCUT2D eigenvalue weighted by molar-refractivity contribution is 7.99. The lowest BCUT2D eigenvalue weighted by Crippen LogP contribution is -2.44. The van der Waals surface area contributed by atoms with Crippen molar-refractivity contribution < 1.29 is 9.90 Å². The van der Waals surface area contributed by atoms with Gasteiger partial charge in [0.2, 0.25) is 0 Å². The lowest BCUT2D eigenvalue weighted by Gasteiger charge is -2.31. The van der Waals surface area contributed by atoms with E-state index in [0.29, 0.717) is 12.0 Å². The molecule has 0 aromatic heterocycles. The standard InChI is InChI=1S/C19H20N2O2S/c1-15-12-19(23,17-10-6-3-7-11-17)21(20-15)18(22)14-24-13-16-8-4-2-5-9-16/h2-11,23H,12-14H2,1H3/t19-/m1/s1. The summed E-state index contributed by atoms with van der Waals surface area (Å²) in [7, 11) is 0. The van der Waals surface area contributed by atoms with Crippen LogP contribution < -0.4 is 0 Å². The molecule has 24 heavy (non-hydrogen) atoms. The van der Waals surface area contributed by atoms with E-state index in [-0.39, 0.29) is 11.7 Å². The highest BCUT2D eigenvalue weighted by Crippen LogP contribution is 2.35. The lowest BCUT2D eigenvalue weighted by molar-refractivity contribution is -0.154. The molecule has 4 nitrogen and oxygen atoms in total. The molecule has 1 aliphatic heterocycles. The molecule has 0 fully saturated rings. The van der Waals surface area contributed by atoms with Gasteiger partial charge in [0.1, 0.15) is 0 Å². The highest BCUT2D eigenvalue weighted by atomic mass is 32.2. The van der Waals surface area contributed by atoms with Crippen LogP contribution in [-0.4, -0.2) is 27.5 Å². The number of thioether (sulfide) groups is 1. The van der Waals surface area contributed by atoms with E-state index < -0.39 is 5.72 Å². The molecule has 1 amide bonds. The average Bonchev–Trinajstić information content (AvgIpc) is 2.92. The fraction of sp³-hybridized carbons (Fsp3) is 0.263. The number of amides is 1. The normalized spacial score (nSPS) is 20.1. The van der Waals surface area contributed by atoms with Gasteiger partial charge in [0.25, 0.3) is 5.91 Å². The molecule has 1 aliphatic rings. The van der Waals surface area contributed by atoms with Crippen LogP contribution in [-0.2, 0) is 16.3 Å². The molecule has 2 aromatic rings. The van der Waals surface area contributed by atoms with E-state index in [1.807, 2.05) is 67.6 Å². The fourth-order valence-corrected chi connectivity index (χ4v) is 3.63. The Morgan fingerprint density at radius 1 is 1.17 bits per heavy atom. The number of hydrogen-bond acceptors (Lipinski definition) is 4. The van der Waals surface area contributed by atoms with Crippen molar-refractivity contribution in [3.05, 3.63) is 71.8 Å². The van der Waals surface area contributed by atoms with E-state index >= 15 is 0 Å². The predicted molar refractivity (Wildman–Crippen MR) is 97.5 cm³/mol. The third kappa shape index (κ3) is 3.52. The van der Waals surface area contributed by atoms with Crippen molar-refractivity contribution in [2.45, 2.75) is 24.8 Å². The molecule has 5 heteroatoms. The number of nitrogens with zero attached hydrogens (tertiary/aromatic N) is 2. The molecule has 0 spiro atoms. The van der Waals surface area contributed by atoms with Gasteiger partial charge in [0, 0.05) is 23.4 Å². The Balaban J connectivity index is 1.68. The van der Waals surface area contributed by atoms with Gasteiger partial charge in [-0.25, -0.2) is 0 Å². The van der Waals surface area contributed by atoms with Crippen molar-refractivity contribution in [1.29, 1.82) is 0 Å². The van der Waals surface area contributed by atoms with Crippen LogP contribution in [0.25, 0.3) is 0 Å². The Kier molecular flexibility index (Phi) is 5.02. The van der Waals surface area contributed by atoms with Crippen LogP contribution in [0.3, 0.4) is 0 Å². The molecule has 0 aliphatic carbocycles. The largest absolute Gasteiger partial charge is 0.365 e. The van der Waals surface area contributed by atoms with Crippen LogP contribution >= 0.6 is 11.8 Å². The van der Waals surface area contributed by atoms with Crippen LogP contribution in [0.1, 0.15) is 24.5 Å². The minimum atomic E-state index is -1.38. The minimum Gasteiger partial charge on any atom is -0.365 e. The molecular formula is C19H20N2O2S. The molecule has 1 N–H and O–H groups in total. The number of rotatable bonds is 5. The van der Waals surface area contributed by atoms with Crippen molar-refractivity contribution in [3.8, 4) is 0 Å². The summed E-state index contributed by atoms with van der Waals surface area (Å²) in [5.41, 5.74) is 1.24. The number of aliphatic hydroxyl groups is 1. The van der Waals surface area contributed by atoms with E-state index in [1.54, 1.807) is 0 Å². The molecule has 124 valence electrons. The van der Waals surface area contributed by atoms with E-state index in [1.165, 1.54) is 22.3 Å².